The van der Waals surface area contributed by atoms with E-state index in [1.165, 1.54) is 0 Å². The van der Waals surface area contributed by atoms with Crippen LogP contribution in [0.3, 0.4) is 0 Å². The van der Waals surface area contributed by atoms with E-state index in [-0.39, 0.29) is 11.5 Å². The monoisotopic (exact) mass is 311 g/mol. The highest BCUT2D eigenvalue weighted by atomic mass is 32.2. The van der Waals surface area contributed by atoms with Crippen LogP contribution in [0, 0.1) is 5.41 Å². The summed E-state index contributed by atoms with van der Waals surface area (Å²) in [5.74, 6) is 0. The van der Waals surface area contributed by atoms with E-state index in [2.05, 4.69) is 25.5 Å². The van der Waals surface area contributed by atoms with Crippen LogP contribution in [0.15, 0.2) is 29.2 Å². The SMILES string of the molecule is CC(C)(C)Cc1ccc(S(=O)(=O)NC2CCOCC2)cc1. The molecule has 118 valence electrons. The third kappa shape index (κ3) is 5.09. The zero-order chi connectivity index (χ0) is 15.5. The molecule has 1 aromatic carbocycles. The molecule has 5 heteroatoms. The molecule has 0 spiro atoms. The standard InChI is InChI=1S/C16H25NO3S/c1-16(2,3)12-13-4-6-15(7-5-13)21(18,19)17-14-8-10-20-11-9-14/h4-7,14,17H,8-12H2,1-3H3. The first-order valence-corrected chi connectivity index (χ1v) is 8.94. The van der Waals surface area contributed by atoms with Crippen LogP contribution in [0.25, 0.3) is 0 Å². The van der Waals surface area contributed by atoms with Gasteiger partial charge in [-0.25, -0.2) is 13.1 Å². The molecule has 0 unspecified atom stereocenters. The summed E-state index contributed by atoms with van der Waals surface area (Å²) < 4.78 is 32.7. The van der Waals surface area contributed by atoms with E-state index in [1.807, 2.05) is 12.1 Å². The Morgan fingerprint density at radius 2 is 1.71 bits per heavy atom. The Kier molecular flexibility index (Phi) is 5.07. The van der Waals surface area contributed by atoms with Crippen molar-refractivity contribution in [3.8, 4) is 0 Å². The van der Waals surface area contributed by atoms with Gasteiger partial charge in [-0.2, -0.15) is 0 Å². The van der Waals surface area contributed by atoms with Gasteiger partial charge in [-0.3, -0.25) is 0 Å². The summed E-state index contributed by atoms with van der Waals surface area (Å²) in [6.07, 6.45) is 2.41. The molecule has 1 fully saturated rings. The van der Waals surface area contributed by atoms with Gasteiger partial charge in [-0.1, -0.05) is 32.9 Å². The van der Waals surface area contributed by atoms with Crippen LogP contribution < -0.4 is 4.72 Å². The molecule has 0 bridgehead atoms. The first-order chi connectivity index (χ1) is 9.76. The Morgan fingerprint density at radius 1 is 1.14 bits per heavy atom. The zero-order valence-electron chi connectivity index (χ0n) is 13.1. The predicted molar refractivity (Wildman–Crippen MR) is 83.8 cm³/mol. The van der Waals surface area contributed by atoms with Gasteiger partial charge >= 0.3 is 0 Å². The Balaban J connectivity index is 2.06. The average molecular weight is 311 g/mol. The molecule has 0 radical (unpaired) electrons. The van der Waals surface area contributed by atoms with Gasteiger partial charge in [-0.15, -0.1) is 0 Å². The Morgan fingerprint density at radius 3 is 2.24 bits per heavy atom. The van der Waals surface area contributed by atoms with Gasteiger partial charge in [0, 0.05) is 19.3 Å². The lowest BCUT2D eigenvalue weighted by molar-refractivity contribution is 0.0832. The largest absolute Gasteiger partial charge is 0.381 e. The van der Waals surface area contributed by atoms with Gasteiger partial charge < -0.3 is 4.74 Å². The summed E-state index contributed by atoms with van der Waals surface area (Å²) in [6, 6.07) is 7.19. The summed E-state index contributed by atoms with van der Waals surface area (Å²) in [4.78, 5) is 0.339. The van der Waals surface area contributed by atoms with Crippen molar-refractivity contribution in [2.24, 2.45) is 5.41 Å². The molecule has 1 aliphatic rings. The van der Waals surface area contributed by atoms with Gasteiger partial charge in [0.05, 0.1) is 4.90 Å². The van der Waals surface area contributed by atoms with Crippen LogP contribution in [0.5, 0.6) is 0 Å². The fraction of sp³-hybridized carbons (Fsp3) is 0.625. The van der Waals surface area contributed by atoms with Crippen molar-refractivity contribution in [2.45, 2.75) is 51.0 Å². The maximum absolute atomic E-state index is 12.3. The van der Waals surface area contributed by atoms with Crippen molar-refractivity contribution in [1.82, 2.24) is 4.72 Å². The van der Waals surface area contributed by atoms with Crippen molar-refractivity contribution in [3.63, 3.8) is 0 Å². The normalized spacial score (nSPS) is 17.9. The smallest absolute Gasteiger partial charge is 0.240 e. The molecular formula is C16H25NO3S. The highest BCUT2D eigenvalue weighted by Crippen LogP contribution is 2.22. The lowest BCUT2D eigenvalue weighted by atomic mass is 9.88. The molecule has 4 nitrogen and oxygen atoms in total. The van der Waals surface area contributed by atoms with E-state index in [0.29, 0.717) is 18.1 Å². The molecule has 0 aromatic heterocycles. The molecule has 0 saturated carbocycles. The topological polar surface area (TPSA) is 55.4 Å². The number of hydrogen-bond donors (Lipinski definition) is 1. The summed E-state index contributed by atoms with van der Waals surface area (Å²) in [7, 11) is -3.43. The minimum Gasteiger partial charge on any atom is -0.381 e. The molecule has 21 heavy (non-hydrogen) atoms. The first kappa shape index (κ1) is 16.5. The number of rotatable bonds is 4. The van der Waals surface area contributed by atoms with Crippen molar-refractivity contribution in [1.29, 1.82) is 0 Å². The summed E-state index contributed by atoms with van der Waals surface area (Å²) in [5, 5.41) is 0. The quantitative estimate of drug-likeness (QED) is 0.930. The summed E-state index contributed by atoms with van der Waals surface area (Å²) in [5.41, 5.74) is 1.35. The van der Waals surface area contributed by atoms with Crippen LogP contribution in [-0.4, -0.2) is 27.7 Å². The fourth-order valence-electron chi connectivity index (χ4n) is 2.50. The molecule has 0 atom stereocenters. The fourth-order valence-corrected chi connectivity index (χ4v) is 3.81. The number of ether oxygens (including phenoxy) is 1. The second kappa shape index (κ2) is 6.46. The zero-order valence-corrected chi connectivity index (χ0v) is 13.9. The minimum atomic E-state index is -3.43. The summed E-state index contributed by atoms with van der Waals surface area (Å²) >= 11 is 0. The van der Waals surface area contributed by atoms with Crippen molar-refractivity contribution < 1.29 is 13.2 Å². The van der Waals surface area contributed by atoms with Crippen LogP contribution in [0.1, 0.15) is 39.2 Å². The lowest BCUT2D eigenvalue weighted by Gasteiger charge is -2.23. The maximum Gasteiger partial charge on any atom is 0.240 e. The molecule has 1 aromatic rings. The Bertz CT molecular complexity index is 552. The number of benzene rings is 1. The van der Waals surface area contributed by atoms with E-state index in [9.17, 15) is 8.42 Å². The van der Waals surface area contributed by atoms with Gasteiger partial charge in [0.25, 0.3) is 0 Å². The Hall–Kier alpha value is -0.910. The van der Waals surface area contributed by atoms with Gasteiger partial charge in [0.1, 0.15) is 0 Å². The van der Waals surface area contributed by atoms with Crippen molar-refractivity contribution in [2.75, 3.05) is 13.2 Å². The predicted octanol–water partition coefficient (Wildman–Crippen LogP) is 2.73. The molecule has 0 aliphatic carbocycles. The van der Waals surface area contributed by atoms with Crippen LogP contribution >= 0.6 is 0 Å². The molecule has 2 rings (SSSR count). The van der Waals surface area contributed by atoms with Crippen molar-refractivity contribution in [3.05, 3.63) is 29.8 Å². The minimum absolute atomic E-state index is 0.0157. The molecule has 1 heterocycles. The number of sulfonamides is 1. The second-order valence-electron chi connectivity index (χ2n) is 6.89. The van der Waals surface area contributed by atoms with E-state index < -0.39 is 10.0 Å². The first-order valence-electron chi connectivity index (χ1n) is 7.45. The maximum atomic E-state index is 12.3. The highest BCUT2D eigenvalue weighted by Gasteiger charge is 2.22. The Labute approximate surface area is 127 Å². The van der Waals surface area contributed by atoms with Gasteiger partial charge in [0.15, 0.2) is 0 Å². The van der Waals surface area contributed by atoms with Crippen LogP contribution in [-0.2, 0) is 21.2 Å². The molecule has 1 saturated heterocycles. The third-order valence-corrected chi connectivity index (χ3v) is 5.05. The summed E-state index contributed by atoms with van der Waals surface area (Å²) in [6.45, 7) is 7.76. The van der Waals surface area contributed by atoms with E-state index in [0.717, 1.165) is 24.8 Å². The van der Waals surface area contributed by atoms with Gasteiger partial charge in [0.2, 0.25) is 10.0 Å². The van der Waals surface area contributed by atoms with E-state index in [4.69, 9.17) is 4.74 Å². The van der Waals surface area contributed by atoms with E-state index in [1.54, 1.807) is 12.1 Å². The van der Waals surface area contributed by atoms with Crippen molar-refractivity contribution >= 4 is 10.0 Å². The van der Waals surface area contributed by atoms with E-state index >= 15 is 0 Å². The average Bonchev–Trinajstić information content (AvgIpc) is 2.38. The van der Waals surface area contributed by atoms with Crippen LogP contribution in [0.4, 0.5) is 0 Å². The molecule has 1 aliphatic heterocycles. The molecule has 1 N–H and O–H groups in total. The second-order valence-corrected chi connectivity index (χ2v) is 8.60. The third-order valence-electron chi connectivity index (χ3n) is 3.51. The van der Waals surface area contributed by atoms with Crippen LogP contribution in [0.2, 0.25) is 0 Å². The number of nitrogens with one attached hydrogen (secondary N) is 1. The number of hydrogen-bond acceptors (Lipinski definition) is 3. The molecular weight excluding hydrogens is 286 g/mol. The molecule has 0 amide bonds. The highest BCUT2D eigenvalue weighted by molar-refractivity contribution is 7.89. The lowest BCUT2D eigenvalue weighted by Crippen LogP contribution is -2.38. The van der Waals surface area contributed by atoms with Gasteiger partial charge in [-0.05, 0) is 42.4 Å².